The van der Waals surface area contributed by atoms with Gasteiger partial charge in [0.15, 0.2) is 0 Å². The average Bonchev–Trinajstić information content (AvgIpc) is 3.07. The molecule has 0 spiro atoms. The molecule has 0 aromatic rings. The van der Waals surface area contributed by atoms with Crippen molar-refractivity contribution in [1.29, 1.82) is 5.26 Å². The molecule has 2 rings (SSSR count). The van der Waals surface area contributed by atoms with Gasteiger partial charge in [0.05, 0.1) is 19.2 Å². The number of likely N-dealkylation sites (tertiary alicyclic amines) is 2. The first-order valence-electron chi connectivity index (χ1n) is 7.47. The fourth-order valence-corrected chi connectivity index (χ4v) is 3.30. The van der Waals surface area contributed by atoms with Gasteiger partial charge in [0.2, 0.25) is 5.91 Å². The van der Waals surface area contributed by atoms with E-state index in [1.807, 2.05) is 6.07 Å². The molecule has 0 aromatic heterocycles. The summed E-state index contributed by atoms with van der Waals surface area (Å²) in [4.78, 5) is 16.3. The average molecular weight is 280 g/mol. The number of aliphatic hydroxyl groups excluding tert-OH is 1. The molecule has 2 saturated heterocycles. The van der Waals surface area contributed by atoms with Crippen LogP contribution in [-0.2, 0) is 4.79 Å². The molecule has 0 radical (unpaired) electrons. The van der Waals surface area contributed by atoms with Gasteiger partial charge >= 0.3 is 0 Å². The van der Waals surface area contributed by atoms with Crippen molar-refractivity contribution in [2.45, 2.75) is 37.8 Å². The van der Waals surface area contributed by atoms with E-state index in [9.17, 15) is 9.90 Å². The van der Waals surface area contributed by atoms with Gasteiger partial charge in [0.25, 0.3) is 0 Å². The van der Waals surface area contributed by atoms with Gasteiger partial charge < -0.3 is 10.4 Å². The molecule has 2 aliphatic rings. The van der Waals surface area contributed by atoms with Gasteiger partial charge in [0.1, 0.15) is 6.54 Å². The van der Waals surface area contributed by atoms with Crippen LogP contribution in [0.2, 0.25) is 0 Å². The Morgan fingerprint density at radius 2 is 1.95 bits per heavy atom. The largest absolute Gasteiger partial charge is 0.395 e. The summed E-state index contributed by atoms with van der Waals surface area (Å²) in [7, 11) is 0. The van der Waals surface area contributed by atoms with E-state index in [4.69, 9.17) is 5.26 Å². The molecular formula is C14H24N4O2. The predicted octanol–water partition coefficient (Wildman–Crippen LogP) is -0.453. The zero-order chi connectivity index (χ0) is 14.4. The van der Waals surface area contributed by atoms with Gasteiger partial charge in [-0.1, -0.05) is 0 Å². The maximum atomic E-state index is 11.7. The second-order valence-corrected chi connectivity index (χ2v) is 5.67. The Balaban J connectivity index is 1.81. The summed E-state index contributed by atoms with van der Waals surface area (Å²) in [5.41, 5.74) is 0. The summed E-state index contributed by atoms with van der Waals surface area (Å²) in [5.74, 6) is -0.0708. The van der Waals surface area contributed by atoms with Crippen LogP contribution in [0, 0.1) is 11.3 Å². The molecular weight excluding hydrogens is 256 g/mol. The number of nitrogens with one attached hydrogen (secondary N) is 1. The van der Waals surface area contributed by atoms with Gasteiger partial charge in [-0.2, -0.15) is 5.26 Å². The van der Waals surface area contributed by atoms with Crippen molar-refractivity contribution in [3.8, 4) is 6.07 Å². The molecule has 0 bridgehead atoms. The molecule has 0 aromatic carbocycles. The molecule has 0 saturated carbocycles. The van der Waals surface area contributed by atoms with Crippen molar-refractivity contribution >= 4 is 5.91 Å². The van der Waals surface area contributed by atoms with E-state index < -0.39 is 0 Å². The molecule has 6 nitrogen and oxygen atoms in total. The monoisotopic (exact) mass is 280 g/mol. The summed E-state index contributed by atoms with van der Waals surface area (Å²) in [6.07, 6.45) is 4.46. The Hall–Kier alpha value is -1.16. The molecule has 1 amide bonds. The van der Waals surface area contributed by atoms with E-state index in [0.29, 0.717) is 18.6 Å². The second-order valence-electron chi connectivity index (χ2n) is 5.67. The Kier molecular flexibility index (Phi) is 5.77. The summed E-state index contributed by atoms with van der Waals surface area (Å²) in [6, 6.07) is 2.61. The fourth-order valence-electron chi connectivity index (χ4n) is 3.30. The van der Waals surface area contributed by atoms with Crippen LogP contribution in [0.25, 0.3) is 0 Å². The third-order valence-corrected chi connectivity index (χ3v) is 4.37. The van der Waals surface area contributed by atoms with Crippen molar-refractivity contribution in [2.75, 3.05) is 39.3 Å². The van der Waals surface area contributed by atoms with Crippen LogP contribution in [0.4, 0.5) is 0 Å². The summed E-state index contributed by atoms with van der Waals surface area (Å²) in [6.45, 7) is 3.63. The summed E-state index contributed by atoms with van der Waals surface area (Å²) in [5, 5.41) is 20.4. The molecule has 2 unspecified atom stereocenters. The first-order valence-corrected chi connectivity index (χ1v) is 7.47. The van der Waals surface area contributed by atoms with E-state index in [1.165, 1.54) is 0 Å². The number of carbonyl (C=O) groups excluding carboxylic acids is 1. The van der Waals surface area contributed by atoms with Crippen LogP contribution in [0.1, 0.15) is 25.7 Å². The maximum absolute atomic E-state index is 11.7. The SMILES string of the molecule is N#CCNC(=O)CN1CCCC1CN1CCCC1CO. The van der Waals surface area contributed by atoms with Crippen LogP contribution in [-0.4, -0.2) is 72.2 Å². The normalized spacial score (nSPS) is 27.6. The minimum atomic E-state index is -0.0708. The molecule has 2 atom stereocenters. The predicted molar refractivity (Wildman–Crippen MR) is 74.9 cm³/mol. The minimum Gasteiger partial charge on any atom is -0.395 e. The number of nitrogens with zero attached hydrogens (tertiary/aromatic N) is 3. The summed E-state index contributed by atoms with van der Waals surface area (Å²) >= 11 is 0. The van der Waals surface area contributed by atoms with Crippen molar-refractivity contribution in [3.05, 3.63) is 0 Å². The number of nitriles is 1. The lowest BCUT2D eigenvalue weighted by atomic mass is 10.2. The van der Waals surface area contributed by atoms with E-state index in [1.54, 1.807) is 0 Å². The molecule has 2 heterocycles. The van der Waals surface area contributed by atoms with E-state index >= 15 is 0 Å². The highest BCUT2D eigenvalue weighted by molar-refractivity contribution is 5.78. The van der Waals surface area contributed by atoms with Crippen molar-refractivity contribution < 1.29 is 9.90 Å². The Morgan fingerprint density at radius 1 is 1.25 bits per heavy atom. The number of carbonyl (C=O) groups is 1. The Bertz CT molecular complexity index is 369. The number of aliphatic hydroxyl groups is 1. The van der Waals surface area contributed by atoms with Crippen molar-refractivity contribution in [3.63, 3.8) is 0 Å². The van der Waals surface area contributed by atoms with Gasteiger partial charge in [-0.05, 0) is 38.8 Å². The van der Waals surface area contributed by atoms with Gasteiger partial charge in [-0.15, -0.1) is 0 Å². The second kappa shape index (κ2) is 7.58. The highest BCUT2D eigenvalue weighted by atomic mass is 16.3. The topological polar surface area (TPSA) is 79.6 Å². The third-order valence-electron chi connectivity index (χ3n) is 4.37. The van der Waals surface area contributed by atoms with E-state index in [2.05, 4.69) is 15.1 Å². The quantitative estimate of drug-likeness (QED) is 0.644. The standard InChI is InChI=1S/C14H24N4O2/c15-5-6-16-14(20)10-18-8-1-3-12(18)9-17-7-2-4-13(17)11-19/h12-13,19H,1-4,6-11H2,(H,16,20). The van der Waals surface area contributed by atoms with Crippen LogP contribution < -0.4 is 5.32 Å². The third kappa shape index (κ3) is 3.92. The maximum Gasteiger partial charge on any atom is 0.235 e. The zero-order valence-electron chi connectivity index (χ0n) is 11.9. The van der Waals surface area contributed by atoms with E-state index in [-0.39, 0.29) is 19.1 Å². The van der Waals surface area contributed by atoms with Crippen molar-refractivity contribution in [2.24, 2.45) is 0 Å². The van der Waals surface area contributed by atoms with Crippen LogP contribution in [0.5, 0.6) is 0 Å². The molecule has 112 valence electrons. The lowest BCUT2D eigenvalue weighted by Crippen LogP contribution is -2.46. The molecule has 0 aliphatic carbocycles. The number of rotatable bonds is 6. The Morgan fingerprint density at radius 3 is 2.65 bits per heavy atom. The number of hydrogen-bond donors (Lipinski definition) is 2. The Labute approximate surface area is 120 Å². The lowest BCUT2D eigenvalue weighted by molar-refractivity contribution is -0.122. The zero-order valence-corrected chi connectivity index (χ0v) is 11.9. The number of amides is 1. The number of hydrogen-bond acceptors (Lipinski definition) is 5. The first-order chi connectivity index (χ1) is 9.74. The van der Waals surface area contributed by atoms with Crippen molar-refractivity contribution in [1.82, 2.24) is 15.1 Å². The highest BCUT2D eigenvalue weighted by Crippen LogP contribution is 2.22. The van der Waals surface area contributed by atoms with Gasteiger partial charge in [0, 0.05) is 18.6 Å². The fraction of sp³-hybridized carbons (Fsp3) is 0.857. The molecule has 2 N–H and O–H groups in total. The first kappa shape index (κ1) is 15.2. The van der Waals surface area contributed by atoms with Gasteiger partial charge in [-0.25, -0.2) is 0 Å². The smallest absolute Gasteiger partial charge is 0.235 e. The lowest BCUT2D eigenvalue weighted by Gasteiger charge is -2.30. The van der Waals surface area contributed by atoms with Crippen LogP contribution in [0.15, 0.2) is 0 Å². The molecule has 2 fully saturated rings. The molecule has 6 heteroatoms. The molecule has 20 heavy (non-hydrogen) atoms. The van der Waals surface area contributed by atoms with Crippen LogP contribution in [0.3, 0.4) is 0 Å². The molecule has 2 aliphatic heterocycles. The highest BCUT2D eigenvalue weighted by Gasteiger charge is 2.31. The van der Waals surface area contributed by atoms with Gasteiger partial charge in [-0.3, -0.25) is 14.6 Å². The van der Waals surface area contributed by atoms with Crippen LogP contribution >= 0.6 is 0 Å². The summed E-state index contributed by atoms with van der Waals surface area (Å²) < 4.78 is 0. The minimum absolute atomic E-state index is 0.0708. The van der Waals surface area contributed by atoms with E-state index in [0.717, 1.165) is 45.3 Å².